The molecule has 1 heterocycles. The summed E-state index contributed by atoms with van der Waals surface area (Å²) in [6.07, 6.45) is 1.59. The van der Waals surface area contributed by atoms with Crippen molar-refractivity contribution in [3.05, 3.63) is 59.8 Å². The van der Waals surface area contributed by atoms with Gasteiger partial charge in [-0.25, -0.2) is 14.5 Å². The zero-order chi connectivity index (χ0) is 21.8. The Morgan fingerprint density at radius 3 is 2.53 bits per heavy atom. The Balaban J connectivity index is 1.82. The van der Waals surface area contributed by atoms with Crippen LogP contribution < -0.4 is 15.0 Å². The molecule has 0 aliphatic carbocycles. The zero-order valence-electron chi connectivity index (χ0n) is 15.6. The molecule has 156 valence electrons. The number of amides is 3. The fraction of sp³-hybridized carbons (Fsp3) is 0.150. The molecule has 0 saturated carbocycles. The number of carbonyl (C=O) groups excluding carboxylic acids is 3. The van der Waals surface area contributed by atoms with Gasteiger partial charge in [-0.1, -0.05) is 17.7 Å². The minimum absolute atomic E-state index is 0.145. The van der Waals surface area contributed by atoms with Crippen LogP contribution >= 0.6 is 56.8 Å². The monoisotopic (exact) mass is 652 g/mol. The molecule has 2 aromatic rings. The number of carbonyl (C=O) groups is 3. The lowest BCUT2D eigenvalue weighted by Gasteiger charge is -2.12. The van der Waals surface area contributed by atoms with E-state index in [-0.39, 0.29) is 18.9 Å². The van der Waals surface area contributed by atoms with Gasteiger partial charge < -0.3 is 14.8 Å². The number of esters is 1. The van der Waals surface area contributed by atoms with Crippen molar-refractivity contribution in [2.75, 3.05) is 18.1 Å². The molecule has 1 N–H and O–H groups in total. The molecule has 0 bridgehead atoms. The summed E-state index contributed by atoms with van der Waals surface area (Å²) in [5.41, 5.74) is 1.23. The Labute approximate surface area is 205 Å². The molecular formula is C20H15ClI2N2O5. The third-order valence-electron chi connectivity index (χ3n) is 3.92. The number of halogens is 3. The molecule has 7 nitrogen and oxygen atoms in total. The van der Waals surface area contributed by atoms with Crippen molar-refractivity contribution in [2.45, 2.75) is 6.92 Å². The first-order valence-corrected chi connectivity index (χ1v) is 11.2. The molecule has 1 fully saturated rings. The maximum atomic E-state index is 12.8. The molecule has 3 rings (SSSR count). The van der Waals surface area contributed by atoms with Gasteiger partial charge in [-0.2, -0.15) is 0 Å². The Morgan fingerprint density at radius 1 is 1.20 bits per heavy atom. The van der Waals surface area contributed by atoms with E-state index in [4.69, 9.17) is 21.1 Å². The first-order valence-electron chi connectivity index (χ1n) is 8.70. The molecular weight excluding hydrogens is 637 g/mol. The fourth-order valence-electron chi connectivity index (χ4n) is 2.69. The molecule has 1 saturated heterocycles. The Bertz CT molecular complexity index is 1030. The predicted molar refractivity (Wildman–Crippen MR) is 129 cm³/mol. The van der Waals surface area contributed by atoms with Crippen LogP contribution in [0.5, 0.6) is 5.75 Å². The maximum Gasteiger partial charge on any atom is 0.344 e. The fourth-order valence-corrected chi connectivity index (χ4v) is 5.00. The predicted octanol–water partition coefficient (Wildman–Crippen LogP) is 4.59. The molecule has 0 unspecified atom stereocenters. The van der Waals surface area contributed by atoms with Gasteiger partial charge >= 0.3 is 12.0 Å². The first-order chi connectivity index (χ1) is 14.3. The van der Waals surface area contributed by atoms with E-state index in [1.165, 1.54) is 0 Å². The second kappa shape index (κ2) is 9.96. The van der Waals surface area contributed by atoms with E-state index in [1.54, 1.807) is 49.4 Å². The van der Waals surface area contributed by atoms with Crippen molar-refractivity contribution >= 4 is 86.5 Å². The van der Waals surface area contributed by atoms with Crippen LogP contribution in [-0.2, 0) is 14.3 Å². The van der Waals surface area contributed by atoms with Crippen LogP contribution in [0.15, 0.2) is 42.1 Å². The topological polar surface area (TPSA) is 84.9 Å². The van der Waals surface area contributed by atoms with Crippen LogP contribution in [0.2, 0.25) is 5.02 Å². The van der Waals surface area contributed by atoms with Crippen LogP contribution in [0.25, 0.3) is 6.08 Å². The minimum atomic E-state index is -0.549. The molecule has 1 aliphatic rings. The molecule has 1 aliphatic heterocycles. The normalized spacial score (nSPS) is 14.8. The second-order valence-electron chi connectivity index (χ2n) is 6.02. The summed E-state index contributed by atoms with van der Waals surface area (Å²) in [5, 5.41) is 3.01. The summed E-state index contributed by atoms with van der Waals surface area (Å²) in [6.45, 7) is 1.82. The van der Waals surface area contributed by atoms with Gasteiger partial charge in [0.1, 0.15) is 11.4 Å². The number of ether oxygens (including phenoxy) is 2. The number of anilines is 1. The summed E-state index contributed by atoms with van der Waals surface area (Å²) in [6, 6.07) is 9.54. The highest BCUT2D eigenvalue weighted by atomic mass is 127. The second-order valence-corrected chi connectivity index (χ2v) is 8.78. The van der Waals surface area contributed by atoms with E-state index >= 15 is 0 Å². The lowest BCUT2D eigenvalue weighted by molar-refractivity contribution is -0.145. The van der Waals surface area contributed by atoms with Crippen molar-refractivity contribution in [3.8, 4) is 5.75 Å². The van der Waals surface area contributed by atoms with Crippen molar-refractivity contribution in [1.29, 1.82) is 0 Å². The van der Waals surface area contributed by atoms with Gasteiger partial charge in [-0.05, 0) is 94.1 Å². The van der Waals surface area contributed by atoms with E-state index in [2.05, 4.69) is 50.5 Å². The number of nitrogens with one attached hydrogen (secondary N) is 1. The number of hydrogen-bond donors (Lipinski definition) is 1. The number of benzene rings is 2. The summed E-state index contributed by atoms with van der Waals surface area (Å²) in [5.74, 6) is -0.376. The van der Waals surface area contributed by atoms with Gasteiger partial charge in [0.25, 0.3) is 5.91 Å². The molecule has 0 radical (unpaired) electrons. The number of nitrogens with zero attached hydrogens (tertiary/aromatic N) is 1. The molecule has 0 aromatic heterocycles. The Hall–Kier alpha value is -1.86. The maximum absolute atomic E-state index is 12.8. The van der Waals surface area contributed by atoms with E-state index in [1.807, 2.05) is 0 Å². The van der Waals surface area contributed by atoms with Gasteiger partial charge in [0, 0.05) is 5.02 Å². The van der Waals surface area contributed by atoms with Gasteiger partial charge in [0.05, 0.1) is 19.4 Å². The van der Waals surface area contributed by atoms with Crippen molar-refractivity contribution in [2.24, 2.45) is 0 Å². The Kier molecular flexibility index (Phi) is 7.58. The molecule has 10 heteroatoms. The zero-order valence-corrected chi connectivity index (χ0v) is 20.6. The molecule has 3 amide bonds. The smallest absolute Gasteiger partial charge is 0.344 e. The number of imide groups is 1. The summed E-state index contributed by atoms with van der Waals surface area (Å²) in [4.78, 5) is 37.6. The summed E-state index contributed by atoms with van der Waals surface area (Å²) in [7, 11) is 0. The van der Waals surface area contributed by atoms with Crippen molar-refractivity contribution in [1.82, 2.24) is 5.32 Å². The highest BCUT2D eigenvalue weighted by Crippen LogP contribution is 2.31. The molecule has 2 aromatic carbocycles. The molecule has 0 atom stereocenters. The highest BCUT2D eigenvalue weighted by Gasteiger charge is 2.35. The summed E-state index contributed by atoms with van der Waals surface area (Å²) < 4.78 is 11.9. The average molecular weight is 653 g/mol. The van der Waals surface area contributed by atoms with Gasteiger partial charge in [-0.3, -0.25) is 4.79 Å². The summed E-state index contributed by atoms with van der Waals surface area (Å²) >= 11 is 10.1. The largest absolute Gasteiger partial charge is 0.480 e. The average Bonchev–Trinajstić information content (AvgIpc) is 2.94. The third kappa shape index (κ3) is 5.24. The van der Waals surface area contributed by atoms with Crippen molar-refractivity contribution in [3.63, 3.8) is 0 Å². The van der Waals surface area contributed by atoms with Gasteiger partial charge in [-0.15, -0.1) is 0 Å². The standard InChI is InChI=1S/C20H15ClI2N2O5/c1-2-29-17(26)10-30-18-14(22)6-11(7-15(18)23)8-16-19(27)25(20(28)24-16)13-5-3-4-12(21)9-13/h3-9H,2,10H2,1H3,(H,24,28)/b16-8+. The number of rotatable bonds is 6. The molecule has 0 spiro atoms. The molecule has 30 heavy (non-hydrogen) atoms. The lowest BCUT2D eigenvalue weighted by atomic mass is 10.2. The van der Waals surface area contributed by atoms with Crippen LogP contribution in [0, 0.1) is 7.14 Å². The third-order valence-corrected chi connectivity index (χ3v) is 5.75. The number of urea groups is 1. The van der Waals surface area contributed by atoms with Gasteiger partial charge in [0.2, 0.25) is 0 Å². The van der Waals surface area contributed by atoms with E-state index in [0.717, 1.165) is 12.0 Å². The van der Waals surface area contributed by atoms with E-state index in [0.29, 0.717) is 22.0 Å². The van der Waals surface area contributed by atoms with E-state index < -0.39 is 17.9 Å². The van der Waals surface area contributed by atoms with Crippen LogP contribution in [0.1, 0.15) is 12.5 Å². The number of hydrogen-bond acceptors (Lipinski definition) is 5. The van der Waals surface area contributed by atoms with Crippen LogP contribution in [0.4, 0.5) is 10.5 Å². The van der Waals surface area contributed by atoms with E-state index in [9.17, 15) is 14.4 Å². The lowest BCUT2D eigenvalue weighted by Crippen LogP contribution is -2.30. The SMILES string of the molecule is CCOC(=O)COc1c(I)cc(/C=C2/NC(=O)N(c3cccc(Cl)c3)C2=O)cc1I. The first kappa shape index (κ1) is 22.8. The highest BCUT2D eigenvalue weighted by molar-refractivity contribution is 14.1. The van der Waals surface area contributed by atoms with Crippen LogP contribution in [-0.4, -0.2) is 31.1 Å². The Morgan fingerprint density at radius 2 is 1.90 bits per heavy atom. The van der Waals surface area contributed by atoms with Crippen LogP contribution in [0.3, 0.4) is 0 Å². The minimum Gasteiger partial charge on any atom is -0.480 e. The van der Waals surface area contributed by atoms with Crippen molar-refractivity contribution < 1.29 is 23.9 Å². The quantitative estimate of drug-likeness (QED) is 0.214. The van der Waals surface area contributed by atoms with Gasteiger partial charge in [0.15, 0.2) is 6.61 Å².